The monoisotopic (exact) mass is 167 g/mol. The van der Waals surface area contributed by atoms with E-state index in [4.69, 9.17) is 0 Å². The first kappa shape index (κ1) is 11.7. The van der Waals surface area contributed by atoms with Crippen LogP contribution >= 0.6 is 0 Å². The Morgan fingerprint density at radius 3 is 2.58 bits per heavy atom. The van der Waals surface area contributed by atoms with Crippen molar-refractivity contribution < 1.29 is 0 Å². The number of unbranched alkanes of at least 4 members (excludes halogenated alkanes) is 3. The Labute approximate surface area is 78.1 Å². The molecule has 0 saturated heterocycles. The maximum Gasteiger partial charge on any atom is -0.0325 e. The van der Waals surface area contributed by atoms with Crippen LogP contribution in [0.3, 0.4) is 0 Å². The summed E-state index contributed by atoms with van der Waals surface area (Å²) in [5.41, 5.74) is 0. The van der Waals surface area contributed by atoms with Crippen molar-refractivity contribution in [2.75, 3.05) is 0 Å². The Morgan fingerprint density at radius 2 is 2.00 bits per heavy atom. The fourth-order valence-electron chi connectivity index (χ4n) is 1.08. The molecule has 0 aromatic rings. The van der Waals surface area contributed by atoms with E-state index < -0.39 is 0 Å². The Balaban J connectivity index is 3.13. The van der Waals surface area contributed by atoms with E-state index in [1.807, 2.05) is 0 Å². The van der Waals surface area contributed by atoms with Crippen LogP contribution in [0.4, 0.5) is 0 Å². The lowest BCUT2D eigenvalue weighted by Gasteiger charge is -2.01. The fraction of sp³-hybridized carbons (Fsp3) is 0.750. The molecule has 0 fully saturated rings. The molecule has 0 amide bonds. The molecule has 71 valence electrons. The molecule has 0 bridgehead atoms. The Kier molecular flexibility index (Phi) is 8.64. The first-order valence-electron chi connectivity index (χ1n) is 5.25. The lowest BCUT2D eigenvalue weighted by atomic mass is 10.0. The topological polar surface area (TPSA) is 0 Å². The van der Waals surface area contributed by atoms with Crippen molar-refractivity contribution in [3.05, 3.63) is 19.1 Å². The van der Waals surface area contributed by atoms with Gasteiger partial charge in [-0.1, -0.05) is 52.2 Å². The van der Waals surface area contributed by atoms with Crippen LogP contribution in [0.1, 0.15) is 52.4 Å². The fourth-order valence-corrected chi connectivity index (χ4v) is 1.08. The van der Waals surface area contributed by atoms with Crippen LogP contribution in [0.2, 0.25) is 0 Å². The minimum atomic E-state index is 0.757. The second-order valence-corrected chi connectivity index (χ2v) is 3.60. The van der Waals surface area contributed by atoms with Crippen LogP contribution in [-0.4, -0.2) is 0 Å². The zero-order valence-electron chi connectivity index (χ0n) is 8.68. The Bertz CT molecular complexity index is 103. The number of hydrogen-bond donors (Lipinski definition) is 0. The minimum absolute atomic E-state index is 0.757. The van der Waals surface area contributed by atoms with Gasteiger partial charge >= 0.3 is 0 Å². The summed E-state index contributed by atoms with van der Waals surface area (Å²) in [5.74, 6) is 0.757. The van der Waals surface area contributed by atoms with E-state index in [9.17, 15) is 0 Å². The van der Waals surface area contributed by atoms with Gasteiger partial charge in [-0.15, -0.1) is 0 Å². The Hall–Kier alpha value is -0.260. The van der Waals surface area contributed by atoms with Crippen LogP contribution in [-0.2, 0) is 0 Å². The van der Waals surface area contributed by atoms with Crippen molar-refractivity contribution in [2.45, 2.75) is 52.4 Å². The molecule has 0 nitrogen and oxygen atoms in total. The van der Waals surface area contributed by atoms with Gasteiger partial charge in [0, 0.05) is 0 Å². The summed E-state index contributed by atoms with van der Waals surface area (Å²) in [4.78, 5) is 0. The third-order valence-corrected chi connectivity index (χ3v) is 2.17. The molecule has 0 rings (SSSR count). The quantitative estimate of drug-likeness (QED) is 0.390. The normalized spacial score (nSPS) is 13.9. The highest BCUT2D eigenvalue weighted by Crippen LogP contribution is 2.07. The van der Waals surface area contributed by atoms with Gasteiger partial charge in [0.05, 0.1) is 0 Å². The summed E-state index contributed by atoms with van der Waals surface area (Å²) in [6, 6.07) is 0. The molecule has 0 heterocycles. The van der Waals surface area contributed by atoms with Crippen LogP contribution in [0, 0.1) is 12.8 Å². The van der Waals surface area contributed by atoms with E-state index in [-0.39, 0.29) is 0 Å². The molecule has 0 spiro atoms. The highest BCUT2D eigenvalue weighted by molar-refractivity contribution is 4.83. The minimum Gasteiger partial charge on any atom is -0.0885 e. The average molecular weight is 167 g/mol. The lowest BCUT2D eigenvalue weighted by Crippen LogP contribution is -1.87. The summed E-state index contributed by atoms with van der Waals surface area (Å²) in [5, 5.41) is 0. The van der Waals surface area contributed by atoms with Crippen LogP contribution < -0.4 is 0 Å². The van der Waals surface area contributed by atoms with Gasteiger partial charge in [-0.2, -0.15) is 0 Å². The van der Waals surface area contributed by atoms with Gasteiger partial charge in [-0.3, -0.25) is 0 Å². The molecule has 0 aromatic heterocycles. The van der Waals surface area contributed by atoms with Gasteiger partial charge in [-0.05, 0) is 25.2 Å². The van der Waals surface area contributed by atoms with E-state index in [1.165, 1.54) is 32.1 Å². The number of hydrogen-bond acceptors (Lipinski definition) is 0. The molecule has 0 aliphatic heterocycles. The maximum absolute atomic E-state index is 3.88. The van der Waals surface area contributed by atoms with Crippen molar-refractivity contribution in [3.63, 3.8) is 0 Å². The number of rotatable bonds is 7. The highest BCUT2D eigenvalue weighted by Gasteiger charge is 1.92. The molecule has 0 N–H and O–H groups in total. The predicted molar refractivity (Wildman–Crippen MR) is 57.0 cm³/mol. The number of allylic oxidation sites excluding steroid dienone is 2. The molecular weight excluding hydrogens is 144 g/mol. The van der Waals surface area contributed by atoms with Crippen molar-refractivity contribution >= 4 is 0 Å². The van der Waals surface area contributed by atoms with Crippen molar-refractivity contribution in [2.24, 2.45) is 5.92 Å². The summed E-state index contributed by atoms with van der Waals surface area (Å²) >= 11 is 0. The van der Waals surface area contributed by atoms with Gasteiger partial charge in [-0.25, -0.2) is 0 Å². The van der Waals surface area contributed by atoms with Gasteiger partial charge in [0.25, 0.3) is 0 Å². The zero-order valence-corrected chi connectivity index (χ0v) is 8.68. The molecule has 12 heavy (non-hydrogen) atoms. The van der Waals surface area contributed by atoms with E-state index in [1.54, 1.807) is 0 Å². The third-order valence-electron chi connectivity index (χ3n) is 2.17. The van der Waals surface area contributed by atoms with Gasteiger partial charge in [0.1, 0.15) is 0 Å². The highest BCUT2D eigenvalue weighted by atomic mass is 14.0. The predicted octanol–water partition coefficient (Wildman–Crippen LogP) is 4.37. The average Bonchev–Trinajstić information content (AvgIpc) is 2.10. The van der Waals surface area contributed by atoms with E-state index in [2.05, 4.69) is 32.9 Å². The summed E-state index contributed by atoms with van der Waals surface area (Å²) in [6.45, 7) is 8.38. The van der Waals surface area contributed by atoms with Crippen molar-refractivity contribution in [1.82, 2.24) is 0 Å². The van der Waals surface area contributed by atoms with Crippen LogP contribution in [0.5, 0.6) is 0 Å². The standard InChI is InChI=1S/C12H23/c1-4-6-7-8-9-10-11-12(3)5-2/h9-10,12H,2,4-8,11H2,1,3H3/b10-9+. The summed E-state index contributed by atoms with van der Waals surface area (Å²) in [7, 11) is 0. The molecule has 1 unspecified atom stereocenters. The van der Waals surface area contributed by atoms with Gasteiger partial charge < -0.3 is 0 Å². The van der Waals surface area contributed by atoms with E-state index in [0.717, 1.165) is 12.3 Å². The largest absolute Gasteiger partial charge is 0.0885 e. The summed E-state index contributed by atoms with van der Waals surface area (Å²) < 4.78 is 0. The maximum atomic E-state index is 3.88. The molecule has 0 aliphatic rings. The van der Waals surface area contributed by atoms with Gasteiger partial charge in [0.15, 0.2) is 0 Å². The van der Waals surface area contributed by atoms with Gasteiger partial charge in [0.2, 0.25) is 0 Å². The second kappa shape index (κ2) is 8.83. The lowest BCUT2D eigenvalue weighted by molar-refractivity contribution is 0.599. The molecule has 1 radical (unpaired) electrons. The van der Waals surface area contributed by atoms with Crippen molar-refractivity contribution in [1.29, 1.82) is 0 Å². The zero-order chi connectivity index (χ0) is 9.23. The van der Waals surface area contributed by atoms with E-state index >= 15 is 0 Å². The third kappa shape index (κ3) is 7.84. The van der Waals surface area contributed by atoms with Crippen LogP contribution in [0.25, 0.3) is 0 Å². The molecule has 0 saturated carbocycles. The molecule has 0 aromatic carbocycles. The molecular formula is C12H23. The smallest absolute Gasteiger partial charge is 0.0325 e. The first-order chi connectivity index (χ1) is 5.81. The van der Waals surface area contributed by atoms with Crippen molar-refractivity contribution in [3.8, 4) is 0 Å². The SMILES string of the molecule is [CH2]CC(C)C/C=C/CCCCC. The Morgan fingerprint density at radius 1 is 1.25 bits per heavy atom. The molecule has 0 heteroatoms. The molecule has 0 aliphatic carbocycles. The first-order valence-corrected chi connectivity index (χ1v) is 5.25. The van der Waals surface area contributed by atoms with E-state index in [0.29, 0.717) is 0 Å². The second-order valence-electron chi connectivity index (χ2n) is 3.60. The molecule has 1 atom stereocenters. The summed E-state index contributed by atoms with van der Waals surface area (Å²) in [6.07, 6.45) is 12.2. The van der Waals surface area contributed by atoms with Crippen LogP contribution in [0.15, 0.2) is 12.2 Å².